The van der Waals surface area contributed by atoms with Crippen molar-refractivity contribution < 1.29 is 17.9 Å². The molecule has 0 spiro atoms. The Kier molecular flexibility index (Phi) is 5.61. The van der Waals surface area contributed by atoms with E-state index in [2.05, 4.69) is 10.4 Å². The Labute approximate surface area is 156 Å². The molecule has 1 amide bonds. The van der Waals surface area contributed by atoms with Gasteiger partial charge >= 0.3 is 0 Å². The minimum Gasteiger partial charge on any atom is -0.379 e. The number of sulfonamides is 1. The van der Waals surface area contributed by atoms with Crippen molar-refractivity contribution in [3.8, 4) is 0 Å². The van der Waals surface area contributed by atoms with Crippen LogP contribution >= 0.6 is 11.6 Å². The highest BCUT2D eigenvalue weighted by Gasteiger charge is 2.26. The van der Waals surface area contributed by atoms with E-state index in [-0.39, 0.29) is 10.8 Å². The topological polar surface area (TPSA) is 93.5 Å². The number of ether oxygens (including phenoxy) is 1. The number of rotatable bonds is 5. The van der Waals surface area contributed by atoms with Gasteiger partial charge in [0.1, 0.15) is 6.04 Å². The van der Waals surface area contributed by atoms with E-state index in [0.717, 1.165) is 0 Å². The standard InChI is InChI=1S/C16H19ClN4O4S/c1-12(21-11-13(17)10-18-21)16(22)19-14-2-4-15(5-3-14)26(23,24)20-6-8-25-9-7-20/h2-5,10-12H,6-9H2,1H3,(H,19,22). The van der Waals surface area contributed by atoms with Crippen molar-refractivity contribution >= 4 is 33.2 Å². The van der Waals surface area contributed by atoms with Gasteiger partial charge in [0, 0.05) is 25.0 Å². The van der Waals surface area contributed by atoms with E-state index < -0.39 is 16.1 Å². The van der Waals surface area contributed by atoms with Crippen molar-refractivity contribution in [2.75, 3.05) is 31.6 Å². The summed E-state index contributed by atoms with van der Waals surface area (Å²) in [5, 5.41) is 7.19. The highest BCUT2D eigenvalue weighted by atomic mass is 35.5. The van der Waals surface area contributed by atoms with E-state index in [1.54, 1.807) is 25.3 Å². The van der Waals surface area contributed by atoms with Gasteiger partial charge < -0.3 is 10.1 Å². The Balaban J connectivity index is 1.68. The summed E-state index contributed by atoms with van der Waals surface area (Å²) in [5.74, 6) is -0.284. The lowest BCUT2D eigenvalue weighted by Crippen LogP contribution is -2.40. The molecular weight excluding hydrogens is 380 g/mol. The predicted molar refractivity (Wildman–Crippen MR) is 96.6 cm³/mol. The summed E-state index contributed by atoms with van der Waals surface area (Å²) in [6, 6.07) is 5.53. The Hall–Kier alpha value is -1.94. The zero-order valence-electron chi connectivity index (χ0n) is 14.1. The van der Waals surface area contributed by atoms with E-state index in [1.165, 1.54) is 27.3 Å². The summed E-state index contributed by atoms with van der Waals surface area (Å²) >= 11 is 5.81. The van der Waals surface area contributed by atoms with Gasteiger partial charge in [-0.25, -0.2) is 8.42 Å². The Morgan fingerprint density at radius 2 is 1.92 bits per heavy atom. The van der Waals surface area contributed by atoms with Crippen molar-refractivity contribution in [2.24, 2.45) is 0 Å². The van der Waals surface area contributed by atoms with Crippen LogP contribution in [-0.4, -0.2) is 54.7 Å². The molecule has 1 saturated heterocycles. The van der Waals surface area contributed by atoms with Gasteiger partial charge in [0.15, 0.2) is 0 Å². The lowest BCUT2D eigenvalue weighted by Gasteiger charge is -2.26. The van der Waals surface area contributed by atoms with Crippen LogP contribution in [0, 0.1) is 0 Å². The zero-order valence-corrected chi connectivity index (χ0v) is 15.7. The van der Waals surface area contributed by atoms with Crippen LogP contribution in [0.25, 0.3) is 0 Å². The second-order valence-corrected chi connectivity index (χ2v) is 8.22. The summed E-state index contributed by atoms with van der Waals surface area (Å²) in [7, 11) is -3.55. The second-order valence-electron chi connectivity index (χ2n) is 5.84. The molecule has 10 heteroatoms. The number of aromatic nitrogens is 2. The average Bonchev–Trinajstić information content (AvgIpc) is 3.08. The van der Waals surface area contributed by atoms with Crippen LogP contribution in [0.2, 0.25) is 5.02 Å². The molecule has 2 aromatic rings. The number of amides is 1. The molecule has 1 aromatic heterocycles. The highest BCUT2D eigenvalue weighted by Crippen LogP contribution is 2.20. The molecule has 0 bridgehead atoms. The molecule has 0 aliphatic carbocycles. The fourth-order valence-corrected chi connectivity index (χ4v) is 4.09. The average molecular weight is 399 g/mol. The lowest BCUT2D eigenvalue weighted by atomic mass is 10.2. The number of hydrogen-bond acceptors (Lipinski definition) is 5. The first-order chi connectivity index (χ1) is 12.4. The molecule has 1 unspecified atom stereocenters. The molecule has 26 heavy (non-hydrogen) atoms. The van der Waals surface area contributed by atoms with Crippen LogP contribution in [0.5, 0.6) is 0 Å². The quantitative estimate of drug-likeness (QED) is 0.828. The number of morpholine rings is 1. The van der Waals surface area contributed by atoms with Gasteiger partial charge in [-0.3, -0.25) is 9.48 Å². The van der Waals surface area contributed by atoms with E-state index in [0.29, 0.717) is 37.0 Å². The molecule has 1 fully saturated rings. The molecule has 1 aliphatic heterocycles. The van der Waals surface area contributed by atoms with Crippen molar-refractivity contribution in [1.82, 2.24) is 14.1 Å². The second kappa shape index (κ2) is 7.75. The predicted octanol–water partition coefficient (Wildman–Crippen LogP) is 1.76. The number of anilines is 1. The first-order valence-electron chi connectivity index (χ1n) is 8.06. The van der Waals surface area contributed by atoms with Gasteiger partial charge in [0.05, 0.1) is 29.3 Å². The van der Waals surface area contributed by atoms with Crippen LogP contribution in [0.15, 0.2) is 41.6 Å². The minimum absolute atomic E-state index is 0.185. The molecule has 3 rings (SSSR count). The van der Waals surface area contributed by atoms with E-state index >= 15 is 0 Å². The molecule has 1 aromatic carbocycles. The number of carbonyl (C=O) groups is 1. The molecule has 140 valence electrons. The molecule has 0 saturated carbocycles. The van der Waals surface area contributed by atoms with Crippen LogP contribution in [0.1, 0.15) is 13.0 Å². The SMILES string of the molecule is CC(C(=O)Nc1ccc(S(=O)(=O)N2CCOCC2)cc1)n1cc(Cl)cn1. The summed E-state index contributed by atoms with van der Waals surface area (Å²) in [5.41, 5.74) is 0.501. The molecular formula is C16H19ClN4O4S. The normalized spacial score (nSPS) is 17.0. The van der Waals surface area contributed by atoms with E-state index in [9.17, 15) is 13.2 Å². The Morgan fingerprint density at radius 3 is 2.50 bits per heavy atom. The molecule has 0 radical (unpaired) electrons. The summed E-state index contributed by atoms with van der Waals surface area (Å²) in [6.07, 6.45) is 3.01. The Bertz CT molecular complexity index is 876. The third-order valence-corrected chi connectivity index (χ3v) is 6.18. The molecule has 1 N–H and O–H groups in total. The number of benzene rings is 1. The largest absolute Gasteiger partial charge is 0.379 e. The first kappa shape index (κ1) is 18.8. The summed E-state index contributed by atoms with van der Waals surface area (Å²) in [6.45, 7) is 3.15. The molecule has 1 atom stereocenters. The van der Waals surface area contributed by atoms with Crippen LogP contribution < -0.4 is 5.32 Å². The summed E-state index contributed by atoms with van der Waals surface area (Å²) in [4.78, 5) is 12.5. The fourth-order valence-electron chi connectivity index (χ4n) is 2.54. The maximum absolute atomic E-state index is 12.6. The van der Waals surface area contributed by atoms with Gasteiger partial charge in [0.2, 0.25) is 15.9 Å². The van der Waals surface area contributed by atoms with Gasteiger partial charge in [-0.15, -0.1) is 0 Å². The minimum atomic E-state index is -3.55. The van der Waals surface area contributed by atoms with Crippen LogP contribution in [0.3, 0.4) is 0 Å². The van der Waals surface area contributed by atoms with Gasteiger partial charge in [-0.05, 0) is 31.2 Å². The van der Waals surface area contributed by atoms with Crippen LogP contribution in [-0.2, 0) is 19.6 Å². The van der Waals surface area contributed by atoms with Gasteiger partial charge in [0.25, 0.3) is 0 Å². The van der Waals surface area contributed by atoms with Crippen LogP contribution in [0.4, 0.5) is 5.69 Å². The van der Waals surface area contributed by atoms with Crippen molar-refractivity contribution in [1.29, 1.82) is 0 Å². The van der Waals surface area contributed by atoms with Gasteiger partial charge in [-0.1, -0.05) is 11.6 Å². The first-order valence-corrected chi connectivity index (χ1v) is 9.88. The number of carbonyl (C=O) groups excluding carboxylic acids is 1. The third kappa shape index (κ3) is 4.07. The zero-order chi connectivity index (χ0) is 18.7. The van der Waals surface area contributed by atoms with E-state index in [1.807, 2.05) is 0 Å². The molecule has 1 aliphatic rings. The van der Waals surface area contributed by atoms with Crippen molar-refractivity contribution in [2.45, 2.75) is 17.9 Å². The number of halogens is 1. The number of hydrogen-bond donors (Lipinski definition) is 1. The molecule has 2 heterocycles. The third-order valence-electron chi connectivity index (χ3n) is 4.08. The van der Waals surface area contributed by atoms with Crippen molar-refractivity contribution in [3.63, 3.8) is 0 Å². The fraction of sp³-hybridized carbons (Fsp3) is 0.375. The lowest BCUT2D eigenvalue weighted by molar-refractivity contribution is -0.119. The maximum atomic E-state index is 12.6. The maximum Gasteiger partial charge on any atom is 0.248 e. The number of nitrogens with one attached hydrogen (secondary N) is 1. The summed E-state index contributed by atoms with van der Waals surface area (Å²) < 4.78 is 33.2. The number of nitrogens with zero attached hydrogens (tertiary/aromatic N) is 3. The van der Waals surface area contributed by atoms with Crippen molar-refractivity contribution in [3.05, 3.63) is 41.7 Å². The Morgan fingerprint density at radius 1 is 1.27 bits per heavy atom. The molecule has 8 nitrogen and oxygen atoms in total. The monoisotopic (exact) mass is 398 g/mol. The smallest absolute Gasteiger partial charge is 0.248 e. The van der Waals surface area contributed by atoms with E-state index in [4.69, 9.17) is 16.3 Å². The highest BCUT2D eigenvalue weighted by molar-refractivity contribution is 7.89. The van der Waals surface area contributed by atoms with Gasteiger partial charge in [-0.2, -0.15) is 9.40 Å².